The van der Waals surface area contributed by atoms with Gasteiger partial charge in [-0.05, 0) is 44.9 Å². The van der Waals surface area contributed by atoms with Gasteiger partial charge in [-0.15, -0.1) is 0 Å². The lowest BCUT2D eigenvalue weighted by atomic mass is 9.99. The molecule has 0 aromatic heterocycles. The Hall–Kier alpha value is -1.05. The summed E-state index contributed by atoms with van der Waals surface area (Å²) >= 11 is 0. The van der Waals surface area contributed by atoms with E-state index in [1.165, 1.54) is 96.3 Å². The van der Waals surface area contributed by atoms with Crippen LogP contribution in [0.2, 0.25) is 0 Å². The van der Waals surface area contributed by atoms with Gasteiger partial charge in [-0.25, -0.2) is 0 Å². The van der Waals surface area contributed by atoms with E-state index in [1.807, 2.05) is 6.08 Å². The zero-order valence-corrected chi connectivity index (χ0v) is 19.7. The van der Waals surface area contributed by atoms with Crippen LogP contribution in [0.25, 0.3) is 0 Å². The SMILES string of the molecule is CCCCCCC/C=C/C(CCCCCC/C=C/CCCCCCCC)C(=O)O. The second-order valence-corrected chi connectivity index (χ2v) is 8.60. The van der Waals surface area contributed by atoms with Gasteiger partial charge in [0.15, 0.2) is 0 Å². The van der Waals surface area contributed by atoms with Crippen LogP contribution in [0, 0.1) is 5.92 Å². The highest BCUT2D eigenvalue weighted by molar-refractivity contribution is 5.72. The Morgan fingerprint density at radius 3 is 1.52 bits per heavy atom. The number of hydrogen-bond donors (Lipinski definition) is 1. The third kappa shape index (κ3) is 21.5. The number of carbonyl (C=O) groups is 1. The van der Waals surface area contributed by atoms with Crippen LogP contribution in [0.4, 0.5) is 0 Å². The molecule has 1 atom stereocenters. The topological polar surface area (TPSA) is 37.3 Å². The van der Waals surface area contributed by atoms with E-state index in [0.29, 0.717) is 0 Å². The molecular weight excluding hydrogens is 356 g/mol. The minimum absolute atomic E-state index is 0.289. The molecular formula is C27H50O2. The van der Waals surface area contributed by atoms with Crippen LogP contribution in [0.15, 0.2) is 24.3 Å². The number of carboxylic acids is 1. The van der Waals surface area contributed by atoms with Gasteiger partial charge in [0, 0.05) is 0 Å². The third-order valence-corrected chi connectivity index (χ3v) is 5.69. The number of unbranched alkanes of at least 4 members (excludes halogenated alkanes) is 15. The summed E-state index contributed by atoms with van der Waals surface area (Å²) in [5.41, 5.74) is 0. The predicted octanol–water partition coefficient (Wildman–Crippen LogP) is 9.25. The first-order valence-electron chi connectivity index (χ1n) is 12.8. The van der Waals surface area contributed by atoms with Crippen molar-refractivity contribution in [3.05, 3.63) is 24.3 Å². The van der Waals surface area contributed by atoms with Gasteiger partial charge >= 0.3 is 5.97 Å². The Labute approximate surface area is 182 Å². The summed E-state index contributed by atoms with van der Waals surface area (Å²) in [5, 5.41) is 9.39. The molecule has 2 nitrogen and oxygen atoms in total. The summed E-state index contributed by atoms with van der Waals surface area (Å²) in [6.45, 7) is 4.49. The maximum Gasteiger partial charge on any atom is 0.310 e. The third-order valence-electron chi connectivity index (χ3n) is 5.69. The molecule has 0 amide bonds. The van der Waals surface area contributed by atoms with Gasteiger partial charge < -0.3 is 5.11 Å². The van der Waals surface area contributed by atoms with Crippen LogP contribution in [-0.4, -0.2) is 11.1 Å². The molecule has 0 fully saturated rings. The average molecular weight is 407 g/mol. The zero-order chi connectivity index (χ0) is 21.4. The number of rotatable bonds is 22. The van der Waals surface area contributed by atoms with Gasteiger partial charge in [0.2, 0.25) is 0 Å². The fraction of sp³-hybridized carbons (Fsp3) is 0.815. The summed E-state index contributed by atoms with van der Waals surface area (Å²) < 4.78 is 0. The van der Waals surface area contributed by atoms with Crippen LogP contribution in [0.3, 0.4) is 0 Å². The molecule has 1 unspecified atom stereocenters. The first-order chi connectivity index (χ1) is 14.2. The van der Waals surface area contributed by atoms with Crippen molar-refractivity contribution in [3.63, 3.8) is 0 Å². The molecule has 1 N–H and O–H groups in total. The van der Waals surface area contributed by atoms with Gasteiger partial charge in [0.25, 0.3) is 0 Å². The van der Waals surface area contributed by atoms with Crippen LogP contribution >= 0.6 is 0 Å². The van der Waals surface area contributed by atoms with Gasteiger partial charge in [0.05, 0.1) is 5.92 Å². The van der Waals surface area contributed by atoms with E-state index in [9.17, 15) is 9.90 Å². The molecule has 0 aromatic carbocycles. The zero-order valence-electron chi connectivity index (χ0n) is 19.7. The van der Waals surface area contributed by atoms with E-state index in [0.717, 1.165) is 25.7 Å². The standard InChI is InChI=1S/C27H50O2/c1-3-5-7-9-11-12-13-14-15-16-17-19-21-23-25-26(27(28)29)24-22-20-18-10-8-6-4-2/h14-15,22,24,26H,3-13,16-21,23,25H2,1-2H3,(H,28,29)/b15-14+,24-22+. The van der Waals surface area contributed by atoms with Crippen LogP contribution in [0.1, 0.15) is 136 Å². The summed E-state index contributed by atoms with van der Waals surface area (Å²) in [6.07, 6.45) is 32.2. The van der Waals surface area contributed by atoms with Gasteiger partial charge in [-0.2, -0.15) is 0 Å². The largest absolute Gasteiger partial charge is 0.481 e. The minimum Gasteiger partial charge on any atom is -0.481 e. The molecule has 0 saturated carbocycles. The molecule has 170 valence electrons. The molecule has 2 heteroatoms. The minimum atomic E-state index is -0.662. The summed E-state index contributed by atoms with van der Waals surface area (Å²) in [6, 6.07) is 0. The second kappa shape index (κ2) is 23.2. The van der Waals surface area contributed by atoms with Gasteiger partial charge in [-0.1, -0.05) is 115 Å². The molecule has 0 spiro atoms. The molecule has 0 saturated heterocycles. The lowest BCUT2D eigenvalue weighted by molar-refractivity contribution is -0.140. The number of aliphatic carboxylic acids is 1. The molecule has 0 aromatic rings. The van der Waals surface area contributed by atoms with Crippen LogP contribution in [0.5, 0.6) is 0 Å². The Morgan fingerprint density at radius 2 is 1.03 bits per heavy atom. The van der Waals surface area contributed by atoms with E-state index >= 15 is 0 Å². The fourth-order valence-corrected chi connectivity index (χ4v) is 3.69. The maximum atomic E-state index is 11.4. The van der Waals surface area contributed by atoms with Crippen LogP contribution in [-0.2, 0) is 4.79 Å². The Balaban J connectivity index is 3.57. The molecule has 0 radical (unpaired) electrons. The van der Waals surface area contributed by atoms with E-state index in [1.54, 1.807) is 0 Å². The fourth-order valence-electron chi connectivity index (χ4n) is 3.69. The van der Waals surface area contributed by atoms with Gasteiger partial charge in [0.1, 0.15) is 0 Å². The molecule has 0 bridgehead atoms. The monoisotopic (exact) mass is 406 g/mol. The molecule has 0 aliphatic rings. The van der Waals surface area contributed by atoms with E-state index < -0.39 is 5.97 Å². The van der Waals surface area contributed by atoms with E-state index in [2.05, 4.69) is 32.1 Å². The number of hydrogen-bond acceptors (Lipinski definition) is 1. The second-order valence-electron chi connectivity index (χ2n) is 8.60. The molecule has 0 rings (SSSR count). The summed E-state index contributed by atoms with van der Waals surface area (Å²) in [7, 11) is 0. The first kappa shape index (κ1) is 27.9. The molecule has 0 aliphatic carbocycles. The van der Waals surface area contributed by atoms with Crippen molar-refractivity contribution in [1.29, 1.82) is 0 Å². The van der Waals surface area contributed by atoms with Gasteiger partial charge in [-0.3, -0.25) is 4.79 Å². The lowest BCUT2D eigenvalue weighted by Crippen LogP contribution is -2.10. The highest BCUT2D eigenvalue weighted by Gasteiger charge is 2.12. The summed E-state index contributed by atoms with van der Waals surface area (Å²) in [5.74, 6) is -0.951. The summed E-state index contributed by atoms with van der Waals surface area (Å²) in [4.78, 5) is 11.4. The predicted molar refractivity (Wildman–Crippen MR) is 128 cm³/mol. The first-order valence-corrected chi connectivity index (χ1v) is 12.8. The van der Waals surface area contributed by atoms with Crippen molar-refractivity contribution in [2.24, 2.45) is 5.92 Å². The smallest absolute Gasteiger partial charge is 0.310 e. The quantitative estimate of drug-likeness (QED) is 0.144. The normalized spacial score (nSPS) is 12.9. The molecule has 29 heavy (non-hydrogen) atoms. The average Bonchev–Trinajstić information content (AvgIpc) is 2.71. The Bertz CT molecular complexity index is 397. The van der Waals surface area contributed by atoms with Crippen LogP contribution < -0.4 is 0 Å². The number of carboxylic acid groups (broad SMARTS) is 1. The maximum absolute atomic E-state index is 11.4. The number of allylic oxidation sites excluding steroid dienone is 3. The highest BCUT2D eigenvalue weighted by Crippen LogP contribution is 2.15. The van der Waals surface area contributed by atoms with E-state index in [4.69, 9.17) is 0 Å². The molecule has 0 aliphatic heterocycles. The van der Waals surface area contributed by atoms with Crippen molar-refractivity contribution in [2.75, 3.05) is 0 Å². The Morgan fingerprint density at radius 1 is 0.621 bits per heavy atom. The Kier molecular flexibility index (Phi) is 22.4. The lowest BCUT2D eigenvalue weighted by Gasteiger charge is -2.07. The van der Waals surface area contributed by atoms with Crippen molar-refractivity contribution >= 4 is 5.97 Å². The molecule has 0 heterocycles. The van der Waals surface area contributed by atoms with Crippen molar-refractivity contribution in [1.82, 2.24) is 0 Å². The van der Waals surface area contributed by atoms with Crippen molar-refractivity contribution in [3.8, 4) is 0 Å². The van der Waals surface area contributed by atoms with Crippen molar-refractivity contribution < 1.29 is 9.90 Å². The van der Waals surface area contributed by atoms with E-state index in [-0.39, 0.29) is 5.92 Å². The highest BCUT2D eigenvalue weighted by atomic mass is 16.4. The van der Waals surface area contributed by atoms with Crippen molar-refractivity contribution in [2.45, 2.75) is 136 Å².